The molecule has 2 saturated heterocycles. The van der Waals surface area contributed by atoms with Gasteiger partial charge in [-0.05, 0) is 57.7 Å². The minimum atomic E-state index is -0.824. The second-order valence-corrected chi connectivity index (χ2v) is 13.6. The molecule has 2 aliphatic heterocycles. The molecule has 0 bridgehead atoms. The summed E-state index contributed by atoms with van der Waals surface area (Å²) in [5.41, 5.74) is 1.04. The van der Waals surface area contributed by atoms with E-state index >= 15 is 0 Å². The Morgan fingerprint density at radius 1 is 1.11 bits per heavy atom. The monoisotopic (exact) mass is 631 g/mol. The first-order valence-corrected chi connectivity index (χ1v) is 15.7. The smallest absolute Gasteiger partial charge is 0.410 e. The number of aliphatic hydroxyl groups is 1. The van der Waals surface area contributed by atoms with E-state index in [9.17, 15) is 19.5 Å². The van der Waals surface area contributed by atoms with Gasteiger partial charge in [0.05, 0.1) is 17.8 Å². The number of nitrogens with one attached hydrogen (secondary N) is 1. The second kappa shape index (κ2) is 14.3. The topological polar surface area (TPSA) is 133 Å². The Balaban J connectivity index is 1.44. The SMILES string of the molecule is Cc1cn([C@H](C(=O)N2C[C@H](O)C[C@H]2C(=O)N[C@@H](CCN2CCN(C(=O)OC(C)(C)C)CC2)c2ccc(Cl)cc2)C(C)C)nn1. The fourth-order valence-corrected chi connectivity index (χ4v) is 5.88. The summed E-state index contributed by atoms with van der Waals surface area (Å²) in [7, 11) is 0. The van der Waals surface area contributed by atoms with Crippen molar-refractivity contribution in [2.75, 3.05) is 39.3 Å². The van der Waals surface area contributed by atoms with Crippen molar-refractivity contribution in [1.82, 2.24) is 35.0 Å². The lowest BCUT2D eigenvalue weighted by Gasteiger charge is -2.36. The first-order chi connectivity index (χ1) is 20.7. The van der Waals surface area contributed by atoms with Gasteiger partial charge in [-0.2, -0.15) is 0 Å². The van der Waals surface area contributed by atoms with Crippen LogP contribution >= 0.6 is 11.6 Å². The van der Waals surface area contributed by atoms with Gasteiger partial charge in [0, 0.05) is 56.9 Å². The van der Waals surface area contributed by atoms with Crippen molar-refractivity contribution in [2.45, 2.75) is 84.2 Å². The molecular weight excluding hydrogens is 586 g/mol. The van der Waals surface area contributed by atoms with E-state index in [4.69, 9.17) is 16.3 Å². The summed E-state index contributed by atoms with van der Waals surface area (Å²) in [5.74, 6) is -0.697. The number of piperazine rings is 1. The molecule has 0 unspecified atom stereocenters. The van der Waals surface area contributed by atoms with Gasteiger partial charge < -0.3 is 25.0 Å². The van der Waals surface area contributed by atoms with Crippen LogP contribution in [0, 0.1) is 12.8 Å². The summed E-state index contributed by atoms with van der Waals surface area (Å²) in [4.78, 5) is 45.6. The Hall–Kier alpha value is -3.22. The molecule has 1 aromatic heterocycles. The van der Waals surface area contributed by atoms with Crippen molar-refractivity contribution in [3.8, 4) is 0 Å². The van der Waals surface area contributed by atoms with Crippen LogP contribution in [-0.4, -0.2) is 110 Å². The molecule has 242 valence electrons. The van der Waals surface area contributed by atoms with Gasteiger partial charge in [0.2, 0.25) is 11.8 Å². The number of benzene rings is 1. The van der Waals surface area contributed by atoms with Crippen LogP contribution < -0.4 is 5.32 Å². The maximum absolute atomic E-state index is 13.8. The van der Waals surface area contributed by atoms with E-state index in [0.29, 0.717) is 49.9 Å². The van der Waals surface area contributed by atoms with Crippen LogP contribution in [0.5, 0.6) is 0 Å². The van der Waals surface area contributed by atoms with Gasteiger partial charge in [-0.15, -0.1) is 5.10 Å². The second-order valence-electron chi connectivity index (χ2n) is 13.1. The number of carbonyl (C=O) groups is 3. The van der Waals surface area contributed by atoms with E-state index in [0.717, 1.165) is 5.56 Å². The Morgan fingerprint density at radius 2 is 1.77 bits per heavy atom. The maximum Gasteiger partial charge on any atom is 0.410 e. The average molecular weight is 632 g/mol. The van der Waals surface area contributed by atoms with E-state index in [1.165, 1.54) is 4.90 Å². The zero-order valence-corrected chi connectivity index (χ0v) is 27.3. The zero-order chi connectivity index (χ0) is 32.2. The highest BCUT2D eigenvalue weighted by atomic mass is 35.5. The molecule has 2 aromatic rings. The largest absolute Gasteiger partial charge is 0.444 e. The average Bonchev–Trinajstić information content (AvgIpc) is 3.56. The Labute approximate surface area is 264 Å². The lowest BCUT2D eigenvalue weighted by molar-refractivity contribution is -0.142. The van der Waals surface area contributed by atoms with Crippen molar-refractivity contribution in [1.29, 1.82) is 0 Å². The van der Waals surface area contributed by atoms with Crippen molar-refractivity contribution in [3.63, 3.8) is 0 Å². The number of aliphatic hydroxyl groups excluding tert-OH is 1. The van der Waals surface area contributed by atoms with Crippen molar-refractivity contribution in [3.05, 3.63) is 46.7 Å². The molecule has 44 heavy (non-hydrogen) atoms. The first kappa shape index (κ1) is 33.7. The molecule has 2 aliphatic rings. The van der Waals surface area contributed by atoms with Gasteiger partial charge >= 0.3 is 6.09 Å². The summed E-state index contributed by atoms with van der Waals surface area (Å²) < 4.78 is 7.06. The number of β-amino-alcohol motifs (C(OH)–C–C–N with tert-alkyl or cyclic N) is 1. The standard InChI is InChI=1S/C31H46ClN7O5/c1-20(2)27(39-18-21(3)34-35-39)29(42)38-19-24(40)17-26(38)28(41)33-25(22-7-9-23(32)10-8-22)11-12-36-13-15-37(16-14-36)30(43)44-31(4,5)6/h7-10,18,20,24-27,40H,11-17,19H2,1-6H3,(H,33,41)/t24-,25+,26+,27+/m1/s1. The molecule has 0 radical (unpaired) electrons. The maximum atomic E-state index is 13.8. The van der Waals surface area contributed by atoms with E-state index in [2.05, 4.69) is 20.5 Å². The summed E-state index contributed by atoms with van der Waals surface area (Å²) in [5, 5.41) is 22.5. The lowest BCUT2D eigenvalue weighted by atomic mass is 10.0. The summed E-state index contributed by atoms with van der Waals surface area (Å²) in [6, 6.07) is 5.54. The van der Waals surface area contributed by atoms with Crippen LogP contribution in [0.1, 0.15) is 70.8 Å². The minimum absolute atomic E-state index is 0.0708. The minimum Gasteiger partial charge on any atom is -0.444 e. The van der Waals surface area contributed by atoms with Crippen molar-refractivity contribution >= 4 is 29.5 Å². The molecule has 3 heterocycles. The number of aromatic nitrogens is 3. The molecule has 2 N–H and O–H groups in total. The number of carbonyl (C=O) groups excluding carboxylic acids is 3. The Bertz CT molecular complexity index is 1290. The highest BCUT2D eigenvalue weighted by molar-refractivity contribution is 6.30. The number of rotatable bonds is 9. The third-order valence-electron chi connectivity index (χ3n) is 8.01. The van der Waals surface area contributed by atoms with Gasteiger partial charge in [0.1, 0.15) is 17.7 Å². The molecule has 0 spiro atoms. The van der Waals surface area contributed by atoms with E-state index in [-0.39, 0.29) is 42.8 Å². The number of halogens is 1. The number of ether oxygens (including phenoxy) is 1. The third kappa shape index (κ3) is 8.70. The normalized spacial score (nSPS) is 20.9. The van der Waals surface area contributed by atoms with Crippen LogP contribution in [0.4, 0.5) is 4.79 Å². The molecule has 3 amide bonds. The van der Waals surface area contributed by atoms with Gasteiger partial charge in [0.25, 0.3) is 0 Å². The van der Waals surface area contributed by atoms with Crippen LogP contribution in [-0.2, 0) is 14.3 Å². The first-order valence-electron chi connectivity index (χ1n) is 15.3. The van der Waals surface area contributed by atoms with Crippen LogP contribution in [0.15, 0.2) is 30.5 Å². The van der Waals surface area contributed by atoms with Crippen LogP contribution in [0.2, 0.25) is 5.02 Å². The molecule has 1 aromatic carbocycles. The highest BCUT2D eigenvalue weighted by Gasteiger charge is 2.43. The van der Waals surface area contributed by atoms with Gasteiger partial charge in [0.15, 0.2) is 0 Å². The predicted octanol–water partition coefficient (Wildman–Crippen LogP) is 3.20. The Kier molecular flexibility index (Phi) is 10.9. The van der Waals surface area contributed by atoms with Crippen LogP contribution in [0.25, 0.3) is 0 Å². The molecule has 4 rings (SSSR count). The number of amides is 3. The summed E-state index contributed by atoms with van der Waals surface area (Å²) in [6.45, 7) is 14.5. The van der Waals surface area contributed by atoms with E-state index in [1.54, 1.807) is 34.8 Å². The Morgan fingerprint density at radius 3 is 2.34 bits per heavy atom. The van der Waals surface area contributed by atoms with Gasteiger partial charge in [-0.1, -0.05) is 42.8 Å². The fraction of sp³-hybridized carbons (Fsp3) is 0.645. The quantitative estimate of drug-likeness (QED) is 0.431. The number of likely N-dealkylation sites (tertiary alicyclic amines) is 1. The molecule has 12 nitrogen and oxygen atoms in total. The number of nitrogens with zero attached hydrogens (tertiary/aromatic N) is 6. The lowest BCUT2D eigenvalue weighted by Crippen LogP contribution is -2.51. The van der Waals surface area contributed by atoms with Crippen molar-refractivity contribution < 1.29 is 24.2 Å². The molecule has 4 atom stereocenters. The summed E-state index contributed by atoms with van der Waals surface area (Å²) >= 11 is 6.16. The fourth-order valence-electron chi connectivity index (χ4n) is 5.76. The van der Waals surface area contributed by atoms with E-state index in [1.807, 2.05) is 46.8 Å². The molecular formula is C31H46ClN7O5. The van der Waals surface area contributed by atoms with Gasteiger partial charge in [-0.25, -0.2) is 9.48 Å². The molecule has 0 saturated carbocycles. The highest BCUT2D eigenvalue weighted by Crippen LogP contribution is 2.28. The predicted molar refractivity (Wildman–Crippen MR) is 166 cm³/mol. The molecule has 0 aliphatic carbocycles. The summed E-state index contributed by atoms with van der Waals surface area (Å²) in [6.07, 6.45) is 1.36. The number of hydrogen-bond donors (Lipinski definition) is 2. The molecule has 13 heteroatoms. The van der Waals surface area contributed by atoms with E-state index < -0.39 is 23.8 Å². The van der Waals surface area contributed by atoms with Crippen molar-refractivity contribution in [2.24, 2.45) is 5.92 Å². The zero-order valence-electron chi connectivity index (χ0n) is 26.6. The van der Waals surface area contributed by atoms with Crippen LogP contribution in [0.3, 0.4) is 0 Å². The third-order valence-corrected chi connectivity index (χ3v) is 8.26. The number of aryl methyl sites for hydroxylation is 1. The number of hydrogen-bond acceptors (Lipinski definition) is 8. The molecule has 2 fully saturated rings. The van der Waals surface area contributed by atoms with Gasteiger partial charge in [-0.3, -0.25) is 14.5 Å².